The largest absolute Gasteiger partial charge is 0.372 e. The number of hydrogen-bond acceptors (Lipinski definition) is 3. The van der Waals surface area contributed by atoms with Crippen molar-refractivity contribution in [2.24, 2.45) is 0 Å². The Morgan fingerprint density at radius 2 is 1.78 bits per heavy atom. The van der Waals surface area contributed by atoms with Crippen molar-refractivity contribution in [2.75, 3.05) is 35.7 Å². The Bertz CT molecular complexity index is 814. The maximum Gasteiger partial charge on any atom is 0.319 e. The number of hydrogen-bond donors (Lipinski definition) is 3. The summed E-state index contributed by atoms with van der Waals surface area (Å²) in [7, 11) is 1.77. The highest BCUT2D eigenvalue weighted by atomic mass is 19.1. The topological polar surface area (TPSA) is 73.5 Å². The van der Waals surface area contributed by atoms with Gasteiger partial charge in [-0.2, -0.15) is 0 Å². The minimum Gasteiger partial charge on any atom is -0.372 e. The SMILES string of the molecule is CC(=O)Nc1ccc(F)c(NC(=O)NCCCN(C)c2ccccc2F)c1. The molecule has 0 unspecified atom stereocenters. The van der Waals surface area contributed by atoms with Crippen molar-refractivity contribution < 1.29 is 18.4 Å². The molecule has 0 bridgehead atoms. The molecule has 0 fully saturated rings. The van der Waals surface area contributed by atoms with Crippen molar-refractivity contribution >= 4 is 29.0 Å². The van der Waals surface area contributed by atoms with Crippen LogP contribution in [0.25, 0.3) is 0 Å². The van der Waals surface area contributed by atoms with Crippen molar-refractivity contribution in [3.05, 3.63) is 54.1 Å². The molecule has 2 aromatic carbocycles. The predicted molar refractivity (Wildman–Crippen MR) is 102 cm³/mol. The van der Waals surface area contributed by atoms with Gasteiger partial charge in [-0.05, 0) is 36.8 Å². The van der Waals surface area contributed by atoms with Crippen LogP contribution in [0, 0.1) is 11.6 Å². The van der Waals surface area contributed by atoms with E-state index in [2.05, 4.69) is 16.0 Å². The van der Waals surface area contributed by atoms with Gasteiger partial charge in [0, 0.05) is 32.7 Å². The first-order chi connectivity index (χ1) is 12.9. The number of nitrogens with one attached hydrogen (secondary N) is 3. The molecule has 0 aliphatic carbocycles. The van der Waals surface area contributed by atoms with Gasteiger partial charge in [-0.15, -0.1) is 0 Å². The Morgan fingerprint density at radius 1 is 1.04 bits per heavy atom. The van der Waals surface area contributed by atoms with Crippen LogP contribution >= 0.6 is 0 Å². The molecule has 0 radical (unpaired) electrons. The van der Waals surface area contributed by atoms with Crippen molar-refractivity contribution in [3.8, 4) is 0 Å². The second-order valence-electron chi connectivity index (χ2n) is 5.98. The average molecular weight is 376 g/mol. The fraction of sp³-hybridized carbons (Fsp3) is 0.263. The molecule has 3 N–H and O–H groups in total. The molecule has 0 aromatic heterocycles. The fourth-order valence-electron chi connectivity index (χ4n) is 2.47. The molecule has 0 saturated carbocycles. The first kappa shape index (κ1) is 20.2. The van der Waals surface area contributed by atoms with Crippen LogP contribution in [0.3, 0.4) is 0 Å². The molecule has 8 heteroatoms. The van der Waals surface area contributed by atoms with Gasteiger partial charge in [0.25, 0.3) is 0 Å². The standard InChI is InChI=1S/C19H22F2N4O2/c1-13(26)23-14-8-9-15(20)17(12-14)24-19(27)22-10-5-11-25(2)18-7-4-3-6-16(18)21/h3-4,6-9,12H,5,10-11H2,1-2H3,(H,23,26)(H2,22,24,27). The van der Waals surface area contributed by atoms with Gasteiger partial charge in [0.15, 0.2) is 0 Å². The van der Waals surface area contributed by atoms with Gasteiger partial charge in [0.2, 0.25) is 5.91 Å². The van der Waals surface area contributed by atoms with Crippen molar-refractivity contribution in [2.45, 2.75) is 13.3 Å². The monoisotopic (exact) mass is 376 g/mol. The summed E-state index contributed by atoms with van der Waals surface area (Å²) < 4.78 is 27.5. The van der Waals surface area contributed by atoms with Crippen molar-refractivity contribution in [3.63, 3.8) is 0 Å². The van der Waals surface area contributed by atoms with Gasteiger partial charge in [0.05, 0.1) is 11.4 Å². The molecule has 2 aromatic rings. The van der Waals surface area contributed by atoms with E-state index in [-0.39, 0.29) is 17.4 Å². The molecule has 0 aliphatic rings. The number of carbonyl (C=O) groups excluding carboxylic acids is 2. The van der Waals surface area contributed by atoms with E-state index < -0.39 is 11.8 Å². The van der Waals surface area contributed by atoms with Gasteiger partial charge in [-0.1, -0.05) is 12.1 Å². The van der Waals surface area contributed by atoms with Gasteiger partial charge in [0.1, 0.15) is 11.6 Å². The summed E-state index contributed by atoms with van der Waals surface area (Å²) in [4.78, 5) is 24.7. The number of rotatable bonds is 7. The number of carbonyl (C=O) groups is 2. The van der Waals surface area contributed by atoms with E-state index in [1.807, 2.05) is 0 Å². The van der Waals surface area contributed by atoms with Crippen LogP contribution in [-0.2, 0) is 4.79 Å². The second-order valence-corrected chi connectivity index (χ2v) is 5.98. The van der Waals surface area contributed by atoms with E-state index in [1.54, 1.807) is 30.1 Å². The minimum absolute atomic E-state index is 0.0396. The summed E-state index contributed by atoms with van der Waals surface area (Å²) in [6.45, 7) is 2.20. The summed E-state index contributed by atoms with van der Waals surface area (Å²) in [6.07, 6.45) is 0.576. The highest BCUT2D eigenvalue weighted by Crippen LogP contribution is 2.19. The lowest BCUT2D eigenvalue weighted by atomic mass is 10.2. The fourth-order valence-corrected chi connectivity index (χ4v) is 2.47. The zero-order chi connectivity index (χ0) is 19.8. The number of nitrogens with zero attached hydrogens (tertiary/aromatic N) is 1. The highest BCUT2D eigenvalue weighted by molar-refractivity contribution is 5.92. The number of benzene rings is 2. The van der Waals surface area contributed by atoms with Gasteiger partial charge >= 0.3 is 6.03 Å². The average Bonchev–Trinajstić information content (AvgIpc) is 2.61. The second kappa shape index (κ2) is 9.51. The van der Waals surface area contributed by atoms with Crippen LogP contribution in [0.15, 0.2) is 42.5 Å². The molecule has 3 amide bonds. The van der Waals surface area contributed by atoms with E-state index in [9.17, 15) is 18.4 Å². The number of halogens is 2. The van der Waals surface area contributed by atoms with E-state index in [0.29, 0.717) is 30.9 Å². The maximum atomic E-state index is 13.8. The van der Waals surface area contributed by atoms with Crippen molar-refractivity contribution in [1.82, 2.24) is 5.32 Å². The molecule has 0 spiro atoms. The van der Waals surface area contributed by atoms with Gasteiger partial charge in [-0.3, -0.25) is 4.79 Å². The van der Waals surface area contributed by atoms with Crippen LogP contribution in [0.5, 0.6) is 0 Å². The minimum atomic E-state index is -0.612. The molecule has 27 heavy (non-hydrogen) atoms. The normalized spacial score (nSPS) is 10.2. The van der Waals surface area contributed by atoms with E-state index in [4.69, 9.17) is 0 Å². The van der Waals surface area contributed by atoms with Gasteiger partial charge < -0.3 is 20.9 Å². The quantitative estimate of drug-likeness (QED) is 0.647. The van der Waals surface area contributed by atoms with E-state index >= 15 is 0 Å². The third-order valence-electron chi connectivity index (χ3n) is 3.75. The summed E-state index contributed by atoms with van der Waals surface area (Å²) in [6, 6.07) is 9.78. The lowest BCUT2D eigenvalue weighted by molar-refractivity contribution is -0.114. The Morgan fingerprint density at radius 3 is 2.48 bits per heavy atom. The van der Waals surface area contributed by atoms with Gasteiger partial charge in [-0.25, -0.2) is 13.6 Å². The van der Waals surface area contributed by atoms with Crippen LogP contribution in [-0.4, -0.2) is 32.1 Å². The molecule has 0 saturated heterocycles. The summed E-state index contributed by atoms with van der Waals surface area (Å²) >= 11 is 0. The molecule has 144 valence electrons. The molecule has 0 atom stereocenters. The molecular weight excluding hydrogens is 354 g/mol. The maximum absolute atomic E-state index is 13.8. The molecular formula is C19H22F2N4O2. The third-order valence-corrected chi connectivity index (χ3v) is 3.75. The van der Waals surface area contributed by atoms with Crippen LogP contribution in [0.4, 0.5) is 30.6 Å². The smallest absolute Gasteiger partial charge is 0.319 e. The molecule has 6 nitrogen and oxygen atoms in total. The lowest BCUT2D eigenvalue weighted by Crippen LogP contribution is -2.32. The number of amides is 3. The Labute approximate surface area is 156 Å². The Hall–Kier alpha value is -3.16. The van der Waals surface area contributed by atoms with Crippen molar-refractivity contribution in [1.29, 1.82) is 0 Å². The molecule has 0 heterocycles. The van der Waals surface area contributed by atoms with E-state index in [1.165, 1.54) is 25.1 Å². The first-order valence-corrected chi connectivity index (χ1v) is 8.44. The summed E-state index contributed by atoms with van der Waals surface area (Å²) in [5.74, 6) is -1.21. The Kier molecular flexibility index (Phi) is 7.10. The number of anilines is 3. The molecule has 0 aliphatic heterocycles. The van der Waals surface area contributed by atoms with Crippen LogP contribution in [0.1, 0.15) is 13.3 Å². The first-order valence-electron chi connectivity index (χ1n) is 8.44. The van der Waals surface area contributed by atoms with Crippen LogP contribution in [0.2, 0.25) is 0 Å². The van der Waals surface area contributed by atoms with E-state index in [0.717, 1.165) is 6.07 Å². The summed E-state index contributed by atoms with van der Waals surface area (Å²) in [5.41, 5.74) is 0.826. The third kappa shape index (κ3) is 6.25. The Balaban J connectivity index is 1.79. The zero-order valence-electron chi connectivity index (χ0n) is 15.2. The number of urea groups is 1. The zero-order valence-corrected chi connectivity index (χ0v) is 15.2. The highest BCUT2D eigenvalue weighted by Gasteiger charge is 2.09. The number of para-hydroxylation sites is 1. The predicted octanol–water partition coefficient (Wildman–Crippen LogP) is 3.57. The summed E-state index contributed by atoms with van der Waals surface area (Å²) in [5, 5.41) is 7.54. The lowest BCUT2D eigenvalue weighted by Gasteiger charge is -2.19. The van der Waals surface area contributed by atoms with Crippen LogP contribution < -0.4 is 20.9 Å². The molecule has 2 rings (SSSR count).